The average molecular weight is 260 g/mol. The molecule has 7 heteroatoms. The number of thioether (sulfide) groups is 1. The number of anilines is 1. The van der Waals surface area contributed by atoms with Crippen LogP contribution in [0.5, 0.6) is 0 Å². The van der Waals surface area contributed by atoms with Crippen molar-refractivity contribution < 1.29 is 14.7 Å². The number of nitrogens with zero attached hydrogens (tertiary/aromatic N) is 1. The number of nitrogens with one attached hydrogen (secondary N) is 1. The number of carbonyl (C=O) groups excluding carboxylic acids is 1. The molecule has 1 unspecified atom stereocenters. The number of rotatable bonds is 6. The zero-order chi connectivity index (χ0) is 12.0. The minimum absolute atomic E-state index is 0.0647. The first-order valence-electron chi connectivity index (χ1n) is 4.60. The zero-order valence-electron chi connectivity index (χ0n) is 8.67. The van der Waals surface area contributed by atoms with Gasteiger partial charge in [-0.2, -0.15) is 0 Å². The van der Waals surface area contributed by atoms with Crippen LogP contribution >= 0.6 is 23.1 Å². The van der Waals surface area contributed by atoms with Crippen molar-refractivity contribution in [3.8, 4) is 0 Å². The Hall–Kier alpha value is -1.08. The fraction of sp³-hybridized carbons (Fsp3) is 0.444. The third-order valence-corrected chi connectivity index (χ3v) is 3.49. The van der Waals surface area contributed by atoms with E-state index < -0.39 is 5.97 Å². The van der Waals surface area contributed by atoms with Gasteiger partial charge in [0.2, 0.25) is 5.91 Å². The van der Waals surface area contributed by atoms with Crippen LogP contribution in [0.4, 0.5) is 5.13 Å². The van der Waals surface area contributed by atoms with Crippen molar-refractivity contribution in [3.05, 3.63) is 11.6 Å². The molecule has 1 aromatic rings. The van der Waals surface area contributed by atoms with Gasteiger partial charge in [0.15, 0.2) is 5.13 Å². The highest BCUT2D eigenvalue weighted by Crippen LogP contribution is 2.15. The molecule has 0 fully saturated rings. The Kier molecular flexibility index (Phi) is 5.27. The topological polar surface area (TPSA) is 79.3 Å². The number of aromatic nitrogens is 1. The summed E-state index contributed by atoms with van der Waals surface area (Å²) in [6.45, 7) is 1.79. The van der Waals surface area contributed by atoms with Gasteiger partial charge in [-0.25, -0.2) is 4.98 Å². The largest absolute Gasteiger partial charge is 0.481 e. The van der Waals surface area contributed by atoms with E-state index in [-0.39, 0.29) is 23.3 Å². The quantitative estimate of drug-likeness (QED) is 0.813. The van der Waals surface area contributed by atoms with Crippen LogP contribution in [0.2, 0.25) is 0 Å². The minimum Gasteiger partial charge on any atom is -0.481 e. The van der Waals surface area contributed by atoms with E-state index in [1.54, 1.807) is 18.5 Å². The molecular formula is C9H12N2O3S2. The molecule has 0 saturated heterocycles. The molecule has 0 spiro atoms. The van der Waals surface area contributed by atoms with Crippen molar-refractivity contribution in [3.63, 3.8) is 0 Å². The van der Waals surface area contributed by atoms with Gasteiger partial charge in [-0.15, -0.1) is 23.1 Å². The van der Waals surface area contributed by atoms with Crippen LogP contribution < -0.4 is 5.32 Å². The molecule has 0 aliphatic heterocycles. The molecule has 88 valence electrons. The molecule has 5 nitrogen and oxygen atoms in total. The standard InChI is InChI=1S/C9H12N2O3S2/c1-6(4-8(13)14)16-5-7(12)11-9-10-2-3-15-9/h2-3,6H,4-5H2,1H3,(H,13,14)(H,10,11,12). The van der Waals surface area contributed by atoms with E-state index in [4.69, 9.17) is 5.11 Å². The van der Waals surface area contributed by atoms with Crippen LogP contribution in [0.15, 0.2) is 11.6 Å². The summed E-state index contributed by atoms with van der Waals surface area (Å²) >= 11 is 2.67. The van der Waals surface area contributed by atoms with Gasteiger partial charge in [-0.1, -0.05) is 6.92 Å². The predicted octanol–water partition coefficient (Wildman–Crippen LogP) is 1.68. The van der Waals surface area contributed by atoms with E-state index in [0.717, 1.165) is 0 Å². The van der Waals surface area contributed by atoms with Gasteiger partial charge in [-0.05, 0) is 0 Å². The van der Waals surface area contributed by atoms with Crippen LogP contribution in [-0.4, -0.2) is 33.0 Å². The van der Waals surface area contributed by atoms with Crippen molar-refractivity contribution in [1.82, 2.24) is 4.98 Å². The number of hydrogen-bond donors (Lipinski definition) is 2. The summed E-state index contributed by atoms with van der Waals surface area (Å²) in [4.78, 5) is 25.7. The minimum atomic E-state index is -0.847. The summed E-state index contributed by atoms with van der Waals surface area (Å²) < 4.78 is 0. The molecule has 1 aromatic heterocycles. The number of carboxylic acid groups (broad SMARTS) is 1. The second kappa shape index (κ2) is 6.49. The van der Waals surface area contributed by atoms with Gasteiger partial charge >= 0.3 is 5.97 Å². The van der Waals surface area contributed by atoms with Gasteiger partial charge in [-0.3, -0.25) is 9.59 Å². The van der Waals surface area contributed by atoms with Crippen LogP contribution in [0, 0.1) is 0 Å². The first kappa shape index (κ1) is 13.0. The molecule has 2 N–H and O–H groups in total. The zero-order valence-corrected chi connectivity index (χ0v) is 10.3. The third kappa shape index (κ3) is 5.13. The number of amides is 1. The van der Waals surface area contributed by atoms with Crippen LogP contribution in [0.25, 0.3) is 0 Å². The molecule has 0 aliphatic rings. The van der Waals surface area contributed by atoms with E-state index >= 15 is 0 Å². The summed E-state index contributed by atoms with van der Waals surface area (Å²) in [5.74, 6) is -0.758. The Labute approximate surface area is 101 Å². The Morgan fingerprint density at radius 3 is 3.00 bits per heavy atom. The molecule has 0 bridgehead atoms. The summed E-state index contributed by atoms with van der Waals surface area (Å²) in [6.07, 6.45) is 1.68. The maximum atomic E-state index is 11.4. The molecule has 1 heterocycles. The van der Waals surface area contributed by atoms with Crippen molar-refractivity contribution in [2.24, 2.45) is 0 Å². The number of carboxylic acids is 1. The maximum absolute atomic E-state index is 11.4. The Morgan fingerprint density at radius 1 is 1.69 bits per heavy atom. The normalized spacial score (nSPS) is 12.1. The summed E-state index contributed by atoms with van der Waals surface area (Å²) in [7, 11) is 0. The van der Waals surface area contributed by atoms with E-state index in [2.05, 4.69) is 10.3 Å². The summed E-state index contributed by atoms with van der Waals surface area (Å²) in [5, 5.41) is 13.4. The lowest BCUT2D eigenvalue weighted by Crippen LogP contribution is -2.16. The average Bonchev–Trinajstić information content (AvgIpc) is 2.66. The van der Waals surface area contributed by atoms with E-state index in [1.165, 1.54) is 23.1 Å². The van der Waals surface area contributed by atoms with Crippen molar-refractivity contribution in [2.75, 3.05) is 11.1 Å². The summed E-state index contributed by atoms with van der Waals surface area (Å²) in [6, 6.07) is 0. The molecule has 0 saturated carbocycles. The highest BCUT2D eigenvalue weighted by molar-refractivity contribution is 8.00. The van der Waals surface area contributed by atoms with Crippen molar-refractivity contribution in [2.45, 2.75) is 18.6 Å². The number of aliphatic carboxylic acids is 1. The number of thiazole rings is 1. The van der Waals surface area contributed by atoms with Crippen molar-refractivity contribution >= 4 is 40.1 Å². The highest BCUT2D eigenvalue weighted by atomic mass is 32.2. The molecule has 1 atom stereocenters. The van der Waals surface area contributed by atoms with Gasteiger partial charge in [0, 0.05) is 16.8 Å². The molecule has 1 amide bonds. The molecular weight excluding hydrogens is 248 g/mol. The second-order valence-corrected chi connectivity index (χ2v) is 5.43. The van der Waals surface area contributed by atoms with Gasteiger partial charge < -0.3 is 10.4 Å². The monoisotopic (exact) mass is 260 g/mol. The molecule has 16 heavy (non-hydrogen) atoms. The Morgan fingerprint density at radius 2 is 2.44 bits per heavy atom. The molecule has 1 rings (SSSR count). The molecule has 0 radical (unpaired) electrons. The fourth-order valence-corrected chi connectivity index (χ4v) is 2.28. The maximum Gasteiger partial charge on any atom is 0.304 e. The SMILES string of the molecule is CC(CC(=O)O)SCC(=O)Nc1nccs1. The van der Waals surface area contributed by atoms with E-state index in [1.807, 2.05) is 0 Å². The van der Waals surface area contributed by atoms with Gasteiger partial charge in [0.25, 0.3) is 0 Å². The van der Waals surface area contributed by atoms with E-state index in [0.29, 0.717) is 5.13 Å². The first-order valence-corrected chi connectivity index (χ1v) is 6.53. The van der Waals surface area contributed by atoms with Crippen LogP contribution in [0.3, 0.4) is 0 Å². The highest BCUT2D eigenvalue weighted by Gasteiger charge is 2.11. The van der Waals surface area contributed by atoms with E-state index in [9.17, 15) is 9.59 Å². The molecule has 0 aliphatic carbocycles. The van der Waals surface area contributed by atoms with Crippen LogP contribution in [0.1, 0.15) is 13.3 Å². The van der Waals surface area contributed by atoms with Crippen LogP contribution in [-0.2, 0) is 9.59 Å². The Bertz CT molecular complexity index is 354. The lowest BCUT2D eigenvalue weighted by atomic mass is 10.3. The molecule has 0 aromatic carbocycles. The second-order valence-electron chi connectivity index (χ2n) is 3.10. The lowest BCUT2D eigenvalue weighted by molar-refractivity contribution is -0.136. The summed E-state index contributed by atoms with van der Waals surface area (Å²) in [5.41, 5.74) is 0. The Balaban J connectivity index is 2.22. The first-order chi connectivity index (χ1) is 7.58. The van der Waals surface area contributed by atoms with Gasteiger partial charge in [0.1, 0.15) is 0 Å². The number of hydrogen-bond acceptors (Lipinski definition) is 5. The van der Waals surface area contributed by atoms with Gasteiger partial charge in [0.05, 0.1) is 12.2 Å². The third-order valence-electron chi connectivity index (χ3n) is 1.64. The lowest BCUT2D eigenvalue weighted by Gasteiger charge is -2.07. The predicted molar refractivity (Wildman–Crippen MR) is 64.9 cm³/mol. The van der Waals surface area contributed by atoms with Crippen molar-refractivity contribution in [1.29, 1.82) is 0 Å². The number of carbonyl (C=O) groups is 2. The smallest absolute Gasteiger partial charge is 0.304 e. The fourth-order valence-electron chi connectivity index (χ4n) is 0.963.